The smallest absolute Gasteiger partial charge is 0.307 e. The molecule has 60 valence electrons. The zero-order chi connectivity index (χ0) is 8.27. The predicted molar refractivity (Wildman–Crippen MR) is 38.8 cm³/mol. The molecule has 0 heterocycles. The van der Waals surface area contributed by atoms with Crippen molar-refractivity contribution in [3.8, 4) is 0 Å². The van der Waals surface area contributed by atoms with E-state index >= 15 is 0 Å². The van der Waals surface area contributed by atoms with Crippen molar-refractivity contribution in [2.75, 3.05) is 0 Å². The van der Waals surface area contributed by atoms with Crippen molar-refractivity contribution < 1.29 is 14.3 Å². The lowest BCUT2D eigenvalue weighted by atomic mass is 10.0. The normalized spacial score (nSPS) is 17.2. The fourth-order valence-electron chi connectivity index (χ4n) is 0.996. The number of carboxylic acid groups (broad SMARTS) is 1. The van der Waals surface area contributed by atoms with Gasteiger partial charge in [0.05, 0.1) is 6.42 Å². The van der Waals surface area contributed by atoms with Crippen molar-refractivity contribution >= 4 is 5.97 Å². The summed E-state index contributed by atoms with van der Waals surface area (Å²) in [5, 5.41) is 8.38. The molecule has 2 nitrogen and oxygen atoms in total. The monoisotopic (exact) mass is 156 g/mol. The number of hydrogen-bond acceptors (Lipinski definition) is 1. The molecule has 1 aliphatic rings. The maximum absolute atomic E-state index is 12.4. The van der Waals surface area contributed by atoms with E-state index in [9.17, 15) is 9.18 Å². The van der Waals surface area contributed by atoms with E-state index in [1.54, 1.807) is 6.08 Å². The molecule has 1 aliphatic carbocycles. The third-order valence-corrected chi connectivity index (χ3v) is 1.56. The van der Waals surface area contributed by atoms with Crippen molar-refractivity contribution in [2.24, 2.45) is 0 Å². The number of aliphatic carboxylic acids is 1. The minimum absolute atomic E-state index is 0.0315. The van der Waals surface area contributed by atoms with E-state index in [2.05, 4.69) is 0 Å². The first-order valence-corrected chi connectivity index (χ1v) is 3.44. The summed E-state index contributed by atoms with van der Waals surface area (Å²) in [7, 11) is 0. The van der Waals surface area contributed by atoms with Crippen molar-refractivity contribution in [1.82, 2.24) is 0 Å². The lowest BCUT2D eigenvalue weighted by molar-refractivity contribution is -0.136. The van der Waals surface area contributed by atoms with Gasteiger partial charge in [0.1, 0.15) is 5.83 Å². The molecule has 1 N–H and O–H groups in total. The van der Waals surface area contributed by atoms with Crippen LogP contribution < -0.4 is 0 Å². The van der Waals surface area contributed by atoms with Crippen LogP contribution in [0.3, 0.4) is 0 Å². The molecule has 0 radical (unpaired) electrons. The van der Waals surface area contributed by atoms with Gasteiger partial charge < -0.3 is 5.11 Å². The highest BCUT2D eigenvalue weighted by molar-refractivity contribution is 5.70. The SMILES string of the molecule is O=C(O)CC1=CC=C(F)CC1. The number of carbonyl (C=O) groups is 1. The lowest BCUT2D eigenvalue weighted by Gasteiger charge is -2.06. The molecule has 0 saturated carbocycles. The minimum Gasteiger partial charge on any atom is -0.481 e. The number of rotatable bonds is 2. The molecule has 0 aliphatic heterocycles. The van der Waals surface area contributed by atoms with Gasteiger partial charge in [-0.25, -0.2) is 4.39 Å². The van der Waals surface area contributed by atoms with Crippen LogP contribution in [-0.4, -0.2) is 11.1 Å². The molecule has 1 rings (SSSR count). The van der Waals surface area contributed by atoms with Crippen molar-refractivity contribution in [2.45, 2.75) is 19.3 Å². The first-order chi connectivity index (χ1) is 5.18. The Balaban J connectivity index is 2.54. The highest BCUT2D eigenvalue weighted by atomic mass is 19.1. The summed E-state index contributed by atoms with van der Waals surface area (Å²) in [4.78, 5) is 10.2. The molecule has 0 saturated heterocycles. The van der Waals surface area contributed by atoms with Gasteiger partial charge in [0.15, 0.2) is 0 Å². The second-order valence-corrected chi connectivity index (χ2v) is 2.51. The Labute approximate surface area is 64.0 Å². The second-order valence-electron chi connectivity index (χ2n) is 2.51. The Morgan fingerprint density at radius 1 is 1.55 bits per heavy atom. The average molecular weight is 156 g/mol. The molecule has 0 amide bonds. The van der Waals surface area contributed by atoms with Crippen LogP contribution in [0.4, 0.5) is 4.39 Å². The van der Waals surface area contributed by atoms with Crippen LogP contribution in [0.5, 0.6) is 0 Å². The van der Waals surface area contributed by atoms with Crippen LogP contribution in [0.2, 0.25) is 0 Å². The number of allylic oxidation sites excluding steroid dienone is 3. The Bertz CT molecular complexity index is 228. The molecule has 0 atom stereocenters. The van der Waals surface area contributed by atoms with Gasteiger partial charge in [-0.1, -0.05) is 11.6 Å². The lowest BCUT2D eigenvalue weighted by Crippen LogP contribution is -1.99. The van der Waals surface area contributed by atoms with Crippen molar-refractivity contribution in [3.63, 3.8) is 0 Å². The molecule has 0 aromatic heterocycles. The van der Waals surface area contributed by atoms with Gasteiger partial charge in [0.2, 0.25) is 0 Å². The Hall–Kier alpha value is -1.12. The van der Waals surface area contributed by atoms with E-state index in [1.807, 2.05) is 0 Å². The standard InChI is InChI=1S/C8H9FO2/c9-7-3-1-6(2-4-7)5-8(10)11/h1,3H,2,4-5H2,(H,10,11). The zero-order valence-electron chi connectivity index (χ0n) is 6.01. The summed E-state index contributed by atoms with van der Waals surface area (Å²) in [6.45, 7) is 0. The van der Waals surface area contributed by atoms with E-state index < -0.39 is 5.97 Å². The van der Waals surface area contributed by atoms with Gasteiger partial charge in [0.25, 0.3) is 0 Å². The molecule has 0 spiro atoms. The van der Waals surface area contributed by atoms with E-state index in [-0.39, 0.29) is 12.2 Å². The quantitative estimate of drug-likeness (QED) is 0.664. The summed E-state index contributed by atoms with van der Waals surface area (Å²) in [6.07, 6.45) is 3.80. The van der Waals surface area contributed by atoms with E-state index in [4.69, 9.17) is 5.11 Å². The maximum Gasteiger partial charge on any atom is 0.307 e. The molecule has 0 aromatic rings. The minimum atomic E-state index is -0.855. The van der Waals surface area contributed by atoms with Crippen LogP contribution in [-0.2, 0) is 4.79 Å². The summed E-state index contributed by atoms with van der Waals surface area (Å²) < 4.78 is 12.4. The first-order valence-electron chi connectivity index (χ1n) is 3.44. The molecular weight excluding hydrogens is 147 g/mol. The van der Waals surface area contributed by atoms with Gasteiger partial charge in [-0.3, -0.25) is 4.79 Å². The topological polar surface area (TPSA) is 37.3 Å². The van der Waals surface area contributed by atoms with Crippen molar-refractivity contribution in [3.05, 3.63) is 23.6 Å². The van der Waals surface area contributed by atoms with Crippen molar-refractivity contribution in [1.29, 1.82) is 0 Å². The molecule has 0 aromatic carbocycles. The maximum atomic E-state index is 12.4. The zero-order valence-corrected chi connectivity index (χ0v) is 6.01. The third-order valence-electron chi connectivity index (χ3n) is 1.56. The molecule has 3 heteroatoms. The summed E-state index contributed by atoms with van der Waals surface area (Å²) in [6, 6.07) is 0. The van der Waals surface area contributed by atoms with Crippen LogP contribution in [0.1, 0.15) is 19.3 Å². The Kier molecular flexibility index (Phi) is 2.41. The van der Waals surface area contributed by atoms with Gasteiger partial charge >= 0.3 is 5.97 Å². The summed E-state index contributed by atoms with van der Waals surface area (Å²) >= 11 is 0. The van der Waals surface area contributed by atoms with E-state index in [1.165, 1.54) is 6.08 Å². The average Bonchev–Trinajstić information content (AvgIpc) is 1.93. The fourth-order valence-corrected chi connectivity index (χ4v) is 0.996. The fraction of sp³-hybridized carbons (Fsp3) is 0.375. The third kappa shape index (κ3) is 2.53. The predicted octanol–water partition coefficient (Wildman–Crippen LogP) is 2.03. The number of halogens is 1. The largest absolute Gasteiger partial charge is 0.481 e. The summed E-state index contributed by atoms with van der Waals surface area (Å²) in [5.74, 6) is -1.02. The van der Waals surface area contributed by atoms with Gasteiger partial charge in [-0.2, -0.15) is 0 Å². The highest BCUT2D eigenvalue weighted by Crippen LogP contribution is 2.20. The highest BCUT2D eigenvalue weighted by Gasteiger charge is 2.08. The Morgan fingerprint density at radius 3 is 2.73 bits per heavy atom. The van der Waals surface area contributed by atoms with Gasteiger partial charge in [-0.15, -0.1) is 0 Å². The van der Waals surface area contributed by atoms with Gasteiger partial charge in [0, 0.05) is 6.42 Å². The number of carboxylic acids is 1. The second kappa shape index (κ2) is 3.32. The van der Waals surface area contributed by atoms with E-state index in [0.29, 0.717) is 12.8 Å². The first kappa shape index (κ1) is 7.98. The summed E-state index contributed by atoms with van der Waals surface area (Å²) in [5.41, 5.74) is 0.791. The molecular formula is C8H9FO2. The molecule has 0 unspecified atom stereocenters. The van der Waals surface area contributed by atoms with Crippen LogP contribution in [0.25, 0.3) is 0 Å². The molecule has 0 bridgehead atoms. The molecule has 11 heavy (non-hydrogen) atoms. The number of hydrogen-bond donors (Lipinski definition) is 1. The van der Waals surface area contributed by atoms with Crippen LogP contribution in [0.15, 0.2) is 23.6 Å². The molecule has 0 fully saturated rings. The van der Waals surface area contributed by atoms with Gasteiger partial charge in [-0.05, 0) is 12.5 Å². The van der Waals surface area contributed by atoms with Crippen LogP contribution >= 0.6 is 0 Å². The Morgan fingerprint density at radius 2 is 2.27 bits per heavy atom. The van der Waals surface area contributed by atoms with E-state index in [0.717, 1.165) is 5.57 Å². The van der Waals surface area contributed by atoms with Crippen LogP contribution in [0, 0.1) is 0 Å².